The second-order valence-corrected chi connectivity index (χ2v) is 10.1. The summed E-state index contributed by atoms with van der Waals surface area (Å²) in [6.45, 7) is 20.9. The topological polar surface area (TPSA) is 9.72 Å². The monoisotopic (exact) mass is 395 g/mol. The molecule has 2 aliphatic heterocycles. The zero-order valence-electron chi connectivity index (χ0n) is 20.6. The summed E-state index contributed by atoms with van der Waals surface area (Å²) < 4.78 is 1.33. The van der Waals surface area contributed by atoms with E-state index in [-0.39, 0.29) is 0 Å². The third-order valence-corrected chi connectivity index (χ3v) is 9.09. The van der Waals surface area contributed by atoms with Crippen molar-refractivity contribution in [3.63, 3.8) is 0 Å². The molecule has 0 N–H and O–H groups in total. The van der Waals surface area contributed by atoms with Crippen LogP contribution in [0.5, 0.6) is 0 Å². The molecule has 2 saturated heterocycles. The molecule has 7 unspecified atom stereocenters. The van der Waals surface area contributed by atoms with Gasteiger partial charge in [0, 0.05) is 19.0 Å². The van der Waals surface area contributed by atoms with E-state index in [1.54, 1.807) is 0 Å². The number of likely N-dealkylation sites (N-methyl/N-ethyl adjacent to an activating group) is 2. The van der Waals surface area contributed by atoms with E-state index >= 15 is 0 Å². The minimum Gasteiger partial charge on any atom is -0.305 e. The minimum absolute atomic E-state index is 0.594. The van der Waals surface area contributed by atoms with Crippen molar-refractivity contribution < 1.29 is 4.48 Å². The molecular formula is C24H51N4+. The van der Waals surface area contributed by atoms with Crippen LogP contribution in [0.25, 0.3) is 0 Å². The second kappa shape index (κ2) is 10.2. The van der Waals surface area contributed by atoms with E-state index in [4.69, 9.17) is 0 Å². The molecule has 0 saturated carbocycles. The van der Waals surface area contributed by atoms with Crippen LogP contribution in [0.3, 0.4) is 0 Å². The number of rotatable bonds is 10. The zero-order chi connectivity index (χ0) is 21.1. The molecular weight excluding hydrogens is 344 g/mol. The first kappa shape index (κ1) is 24.1. The quantitative estimate of drug-likeness (QED) is 0.395. The number of quaternary nitrogens is 1. The Morgan fingerprint density at radius 3 is 1.79 bits per heavy atom. The summed E-state index contributed by atoms with van der Waals surface area (Å²) in [5.41, 5.74) is 0. The van der Waals surface area contributed by atoms with Crippen LogP contribution in [0.1, 0.15) is 87.0 Å². The summed E-state index contributed by atoms with van der Waals surface area (Å²) in [5.74, 6) is 0. The molecule has 7 atom stereocenters. The Labute approximate surface area is 176 Å². The Bertz CT molecular complexity index is 440. The van der Waals surface area contributed by atoms with E-state index in [2.05, 4.69) is 77.3 Å². The highest BCUT2D eigenvalue weighted by Gasteiger charge is 2.51. The van der Waals surface area contributed by atoms with Crippen LogP contribution in [-0.2, 0) is 0 Å². The molecule has 0 spiro atoms. The largest absolute Gasteiger partial charge is 0.305 e. The van der Waals surface area contributed by atoms with E-state index in [0.717, 1.165) is 6.04 Å². The van der Waals surface area contributed by atoms with Crippen LogP contribution in [0.4, 0.5) is 0 Å². The maximum Gasteiger partial charge on any atom is 0.142 e. The molecule has 4 nitrogen and oxygen atoms in total. The first-order valence-electron chi connectivity index (χ1n) is 12.2. The number of hydrogen-bond donors (Lipinski definition) is 0. The molecule has 4 heteroatoms. The first-order valence-corrected chi connectivity index (χ1v) is 12.2. The Hall–Kier alpha value is -0.160. The lowest BCUT2D eigenvalue weighted by Gasteiger charge is -2.43. The molecule has 2 fully saturated rings. The Kier molecular flexibility index (Phi) is 8.82. The maximum atomic E-state index is 2.71. The molecule has 0 aliphatic carbocycles. The summed E-state index contributed by atoms with van der Waals surface area (Å²) >= 11 is 0. The van der Waals surface area contributed by atoms with Gasteiger partial charge >= 0.3 is 0 Å². The fourth-order valence-electron chi connectivity index (χ4n) is 6.14. The first-order chi connectivity index (χ1) is 13.2. The minimum atomic E-state index is 0.594. The second-order valence-electron chi connectivity index (χ2n) is 10.1. The molecule has 2 aliphatic rings. The van der Waals surface area contributed by atoms with Crippen LogP contribution < -0.4 is 0 Å². The molecule has 2 rings (SSSR count). The van der Waals surface area contributed by atoms with Gasteiger partial charge in [0.25, 0.3) is 0 Å². The predicted molar refractivity (Wildman–Crippen MR) is 122 cm³/mol. The van der Waals surface area contributed by atoms with Gasteiger partial charge in [-0.2, -0.15) is 0 Å². The van der Waals surface area contributed by atoms with E-state index in [1.165, 1.54) is 62.6 Å². The van der Waals surface area contributed by atoms with Gasteiger partial charge in [-0.05, 0) is 80.9 Å². The fourth-order valence-corrected chi connectivity index (χ4v) is 6.14. The predicted octanol–water partition coefficient (Wildman–Crippen LogP) is 4.60. The van der Waals surface area contributed by atoms with Crippen LogP contribution >= 0.6 is 0 Å². The average molecular weight is 396 g/mol. The normalized spacial score (nSPS) is 40.6. The van der Waals surface area contributed by atoms with Crippen LogP contribution in [-0.4, -0.2) is 89.4 Å². The van der Waals surface area contributed by atoms with Crippen molar-refractivity contribution in [1.82, 2.24) is 14.7 Å². The SMILES string of the molecule is CCCC[N+]1(CCCCCCN2C(C)C(C)N(C)C2C)C(C)C(C)N(C)C1C. The number of nitrogens with zero attached hydrogens (tertiary/aromatic N) is 4. The summed E-state index contributed by atoms with van der Waals surface area (Å²) in [7, 11) is 4.62. The van der Waals surface area contributed by atoms with Gasteiger partial charge in [0.2, 0.25) is 0 Å². The lowest BCUT2D eigenvalue weighted by Crippen LogP contribution is -2.58. The van der Waals surface area contributed by atoms with Gasteiger partial charge in [0.05, 0.1) is 25.3 Å². The molecule has 166 valence electrons. The van der Waals surface area contributed by atoms with E-state index in [1.807, 2.05) is 0 Å². The zero-order valence-corrected chi connectivity index (χ0v) is 20.6. The van der Waals surface area contributed by atoms with Crippen LogP contribution in [0.2, 0.25) is 0 Å². The third kappa shape index (κ3) is 4.61. The fraction of sp³-hybridized carbons (Fsp3) is 1.00. The number of unbranched alkanes of at least 4 members (excludes halogenated alkanes) is 4. The van der Waals surface area contributed by atoms with E-state index in [9.17, 15) is 0 Å². The van der Waals surface area contributed by atoms with Crippen molar-refractivity contribution in [2.75, 3.05) is 33.7 Å². The summed E-state index contributed by atoms with van der Waals surface area (Å²) in [5, 5.41) is 0. The average Bonchev–Trinajstić information content (AvgIpc) is 2.96. The standard InChI is InChI=1S/C24H51N4/c1-10-11-17-28(22(5)21(4)26(9)24(28)7)18-15-13-12-14-16-27-20(3)19(2)25(8)23(27)6/h19-24H,10-18H2,1-9H3/q+1. The molecule has 0 aromatic rings. The van der Waals surface area contributed by atoms with Crippen molar-refractivity contribution in [1.29, 1.82) is 0 Å². The van der Waals surface area contributed by atoms with Gasteiger partial charge in [0.15, 0.2) is 0 Å². The summed E-state index contributed by atoms with van der Waals surface area (Å²) in [6.07, 6.45) is 9.46. The number of hydrogen-bond acceptors (Lipinski definition) is 3. The molecule has 2 heterocycles. The highest BCUT2D eigenvalue weighted by atomic mass is 15.6. The molecule has 0 amide bonds. The molecule has 0 aromatic carbocycles. The maximum absolute atomic E-state index is 2.71. The van der Waals surface area contributed by atoms with Crippen molar-refractivity contribution >= 4 is 0 Å². The van der Waals surface area contributed by atoms with Crippen molar-refractivity contribution in [2.45, 2.75) is 123 Å². The van der Waals surface area contributed by atoms with Gasteiger partial charge < -0.3 is 4.48 Å². The Morgan fingerprint density at radius 1 is 0.679 bits per heavy atom. The Morgan fingerprint density at radius 2 is 1.29 bits per heavy atom. The van der Waals surface area contributed by atoms with Gasteiger partial charge in [-0.25, -0.2) is 4.90 Å². The lowest BCUT2D eigenvalue weighted by molar-refractivity contribution is -0.963. The lowest BCUT2D eigenvalue weighted by atomic mass is 10.1. The van der Waals surface area contributed by atoms with Gasteiger partial charge in [-0.15, -0.1) is 0 Å². The van der Waals surface area contributed by atoms with Crippen molar-refractivity contribution in [3.05, 3.63) is 0 Å². The highest BCUT2D eigenvalue weighted by molar-refractivity contribution is 4.90. The summed E-state index contributed by atoms with van der Waals surface area (Å²) in [6, 6.07) is 2.82. The van der Waals surface area contributed by atoms with E-state index < -0.39 is 0 Å². The smallest absolute Gasteiger partial charge is 0.142 e. The Balaban J connectivity index is 1.79. The molecule has 0 bridgehead atoms. The van der Waals surface area contributed by atoms with Crippen molar-refractivity contribution in [3.8, 4) is 0 Å². The molecule has 0 aromatic heterocycles. The highest BCUT2D eigenvalue weighted by Crippen LogP contribution is 2.35. The van der Waals surface area contributed by atoms with Crippen LogP contribution in [0.15, 0.2) is 0 Å². The van der Waals surface area contributed by atoms with Gasteiger partial charge in [-0.3, -0.25) is 9.80 Å². The summed E-state index contributed by atoms with van der Waals surface area (Å²) in [4.78, 5) is 7.87. The van der Waals surface area contributed by atoms with Gasteiger partial charge in [-0.1, -0.05) is 19.8 Å². The van der Waals surface area contributed by atoms with Gasteiger partial charge in [0.1, 0.15) is 12.2 Å². The molecule has 28 heavy (non-hydrogen) atoms. The van der Waals surface area contributed by atoms with E-state index in [0.29, 0.717) is 30.5 Å². The van der Waals surface area contributed by atoms with Crippen molar-refractivity contribution in [2.24, 2.45) is 0 Å². The third-order valence-electron chi connectivity index (χ3n) is 9.09. The molecule has 0 radical (unpaired) electrons. The van der Waals surface area contributed by atoms with Crippen LogP contribution in [0, 0.1) is 0 Å².